The Labute approximate surface area is 135 Å². The fraction of sp³-hybridized carbons (Fsp3) is 0.545. The first-order valence-electron chi connectivity index (χ1n) is 6.43. The summed E-state index contributed by atoms with van der Waals surface area (Å²) in [5.74, 6) is 0.510. The molecule has 0 saturated carbocycles. The maximum atomic E-state index is 5.49. The maximum Gasteiger partial charge on any atom is 0.322 e. The van der Waals surface area contributed by atoms with Gasteiger partial charge in [0.05, 0.1) is 6.61 Å². The number of hydrogen-bond acceptors (Lipinski definition) is 10. The van der Waals surface area contributed by atoms with Gasteiger partial charge in [-0.15, -0.1) is 10.2 Å². The van der Waals surface area contributed by atoms with Crippen LogP contribution in [0.25, 0.3) is 0 Å². The fourth-order valence-corrected chi connectivity index (χ4v) is 3.56. The van der Waals surface area contributed by atoms with Crippen molar-refractivity contribution in [2.45, 2.75) is 34.1 Å². The van der Waals surface area contributed by atoms with Crippen molar-refractivity contribution in [3.05, 3.63) is 0 Å². The number of anilines is 1. The number of thioether (sulfide) groups is 1. The molecule has 0 aliphatic carbocycles. The molecule has 0 fully saturated rings. The second kappa shape index (κ2) is 8.35. The van der Waals surface area contributed by atoms with Gasteiger partial charge in [0.2, 0.25) is 11.1 Å². The fourth-order valence-electron chi connectivity index (χ4n) is 1.28. The molecule has 1 N–H and O–H groups in total. The second-order valence-electron chi connectivity index (χ2n) is 3.74. The molecule has 2 rings (SSSR count). The van der Waals surface area contributed by atoms with E-state index in [2.05, 4.69) is 30.5 Å². The van der Waals surface area contributed by atoms with Crippen LogP contribution in [-0.4, -0.2) is 44.6 Å². The molecule has 2 heterocycles. The Morgan fingerprint density at radius 3 is 2.62 bits per heavy atom. The van der Waals surface area contributed by atoms with Gasteiger partial charge >= 0.3 is 6.01 Å². The SMILES string of the molecule is CCCOc1nc(NCC)nc(Sc2nnc(SC)s2)n1. The highest BCUT2D eigenvalue weighted by molar-refractivity contribution is 8.02. The summed E-state index contributed by atoms with van der Waals surface area (Å²) in [6.45, 7) is 5.33. The lowest BCUT2D eigenvalue weighted by atomic mass is 10.5. The number of rotatable bonds is 8. The van der Waals surface area contributed by atoms with Gasteiger partial charge in [0.25, 0.3) is 0 Å². The molecular formula is C11H16N6OS3. The van der Waals surface area contributed by atoms with Crippen molar-refractivity contribution in [3.8, 4) is 6.01 Å². The third-order valence-corrected chi connectivity index (χ3v) is 4.92. The van der Waals surface area contributed by atoms with E-state index in [9.17, 15) is 0 Å². The molecule has 0 aliphatic heterocycles. The van der Waals surface area contributed by atoms with E-state index in [1.54, 1.807) is 11.8 Å². The van der Waals surface area contributed by atoms with E-state index in [4.69, 9.17) is 4.74 Å². The zero-order valence-electron chi connectivity index (χ0n) is 12.0. The average Bonchev–Trinajstić information content (AvgIpc) is 2.93. The van der Waals surface area contributed by atoms with Gasteiger partial charge in [-0.05, 0) is 31.4 Å². The van der Waals surface area contributed by atoms with Crippen LogP contribution in [0.4, 0.5) is 5.95 Å². The highest BCUT2D eigenvalue weighted by Gasteiger charge is 2.12. The van der Waals surface area contributed by atoms with Crippen LogP contribution in [0, 0.1) is 0 Å². The lowest BCUT2D eigenvalue weighted by molar-refractivity contribution is 0.288. The lowest BCUT2D eigenvalue weighted by Crippen LogP contribution is -2.07. The zero-order chi connectivity index (χ0) is 15.1. The van der Waals surface area contributed by atoms with Crippen molar-refractivity contribution < 1.29 is 4.74 Å². The van der Waals surface area contributed by atoms with Crippen molar-refractivity contribution in [2.75, 3.05) is 24.7 Å². The summed E-state index contributed by atoms with van der Waals surface area (Å²) < 4.78 is 7.21. The molecule has 0 spiro atoms. The Morgan fingerprint density at radius 1 is 1.14 bits per heavy atom. The van der Waals surface area contributed by atoms with Crippen molar-refractivity contribution in [1.29, 1.82) is 0 Å². The maximum absolute atomic E-state index is 5.49. The third-order valence-electron chi connectivity index (χ3n) is 2.11. The molecule has 0 aromatic carbocycles. The molecule has 0 aliphatic rings. The second-order valence-corrected chi connectivity index (χ2v) is 6.99. The zero-order valence-corrected chi connectivity index (χ0v) is 14.4. The van der Waals surface area contributed by atoms with Gasteiger partial charge in [0.15, 0.2) is 8.68 Å². The van der Waals surface area contributed by atoms with E-state index in [-0.39, 0.29) is 0 Å². The number of nitrogens with zero attached hydrogens (tertiary/aromatic N) is 5. The minimum absolute atomic E-state index is 0.333. The Bertz CT molecular complexity index is 579. The van der Waals surface area contributed by atoms with Gasteiger partial charge in [-0.25, -0.2) is 0 Å². The molecule has 7 nitrogen and oxygen atoms in total. The first-order valence-corrected chi connectivity index (χ1v) is 9.29. The summed E-state index contributed by atoms with van der Waals surface area (Å²) in [5, 5.41) is 11.8. The predicted molar refractivity (Wildman–Crippen MR) is 85.6 cm³/mol. The Balaban J connectivity index is 2.17. The van der Waals surface area contributed by atoms with Crippen molar-refractivity contribution in [1.82, 2.24) is 25.1 Å². The van der Waals surface area contributed by atoms with E-state index < -0.39 is 0 Å². The van der Waals surface area contributed by atoms with Crippen LogP contribution in [0.1, 0.15) is 20.3 Å². The highest BCUT2D eigenvalue weighted by atomic mass is 32.2. The topological polar surface area (TPSA) is 85.7 Å². The molecule has 0 amide bonds. The summed E-state index contributed by atoms with van der Waals surface area (Å²) in [5.41, 5.74) is 0. The molecule has 0 atom stereocenters. The Hall–Kier alpha value is -1.13. The van der Waals surface area contributed by atoms with Gasteiger partial charge in [0, 0.05) is 6.54 Å². The molecule has 114 valence electrons. The third kappa shape index (κ3) is 4.97. The summed E-state index contributed by atoms with van der Waals surface area (Å²) in [6, 6.07) is 0.333. The minimum atomic E-state index is 0.333. The quantitative estimate of drug-likeness (QED) is 0.726. The van der Waals surface area contributed by atoms with Crippen molar-refractivity contribution >= 4 is 40.8 Å². The summed E-state index contributed by atoms with van der Waals surface area (Å²) in [4.78, 5) is 12.9. The number of ether oxygens (including phenoxy) is 1. The average molecular weight is 344 g/mol. The molecule has 0 saturated heterocycles. The first-order chi connectivity index (χ1) is 10.2. The summed E-state index contributed by atoms with van der Waals surface area (Å²) in [6.07, 6.45) is 2.87. The smallest absolute Gasteiger partial charge is 0.322 e. The molecule has 0 bridgehead atoms. The van der Waals surface area contributed by atoms with Crippen LogP contribution < -0.4 is 10.1 Å². The van der Waals surface area contributed by atoms with Crippen LogP contribution >= 0.6 is 34.9 Å². The van der Waals surface area contributed by atoms with Crippen LogP contribution in [-0.2, 0) is 0 Å². The molecule has 10 heteroatoms. The summed E-state index contributed by atoms with van der Waals surface area (Å²) >= 11 is 4.44. The molecule has 0 unspecified atom stereocenters. The summed E-state index contributed by atoms with van der Waals surface area (Å²) in [7, 11) is 0. The largest absolute Gasteiger partial charge is 0.463 e. The van der Waals surface area contributed by atoms with Crippen LogP contribution in [0.2, 0.25) is 0 Å². The molecule has 2 aromatic heterocycles. The molecular weight excluding hydrogens is 328 g/mol. The number of hydrogen-bond donors (Lipinski definition) is 1. The van der Waals surface area contributed by atoms with E-state index in [0.29, 0.717) is 23.7 Å². The van der Waals surface area contributed by atoms with Gasteiger partial charge in [0.1, 0.15) is 0 Å². The van der Waals surface area contributed by atoms with Crippen LogP contribution in [0.15, 0.2) is 13.8 Å². The van der Waals surface area contributed by atoms with Gasteiger partial charge in [-0.1, -0.05) is 30.0 Å². The van der Waals surface area contributed by atoms with E-state index in [1.165, 1.54) is 23.1 Å². The van der Waals surface area contributed by atoms with Gasteiger partial charge in [-0.3, -0.25) is 0 Å². The van der Waals surface area contributed by atoms with Crippen LogP contribution in [0.3, 0.4) is 0 Å². The molecule has 21 heavy (non-hydrogen) atoms. The van der Waals surface area contributed by atoms with Gasteiger partial charge in [-0.2, -0.15) is 15.0 Å². The minimum Gasteiger partial charge on any atom is -0.463 e. The predicted octanol–water partition coefficient (Wildman–Crippen LogP) is 2.82. The monoisotopic (exact) mass is 344 g/mol. The van der Waals surface area contributed by atoms with Crippen molar-refractivity contribution in [3.63, 3.8) is 0 Å². The number of nitrogens with one attached hydrogen (secondary N) is 1. The first kappa shape index (κ1) is 16.2. The van der Waals surface area contributed by atoms with E-state index in [1.807, 2.05) is 20.1 Å². The molecule has 2 aromatic rings. The standard InChI is InChI=1S/C11H16N6OS3/c1-4-6-18-8-13-7(12-5-2)14-9(15-8)20-11-17-16-10(19-3)21-11/h4-6H2,1-3H3,(H,12,13,14,15). The molecule has 0 radical (unpaired) electrons. The lowest BCUT2D eigenvalue weighted by Gasteiger charge is -2.07. The van der Waals surface area contributed by atoms with Gasteiger partial charge < -0.3 is 10.1 Å². The van der Waals surface area contributed by atoms with Crippen molar-refractivity contribution in [2.24, 2.45) is 0 Å². The van der Waals surface area contributed by atoms with E-state index >= 15 is 0 Å². The highest BCUT2D eigenvalue weighted by Crippen LogP contribution is 2.31. The van der Waals surface area contributed by atoms with E-state index in [0.717, 1.165) is 21.6 Å². The Morgan fingerprint density at radius 2 is 1.95 bits per heavy atom. The normalized spacial score (nSPS) is 10.6. The van der Waals surface area contributed by atoms with Crippen LogP contribution in [0.5, 0.6) is 6.01 Å². The Kier molecular flexibility index (Phi) is 6.46. The number of aromatic nitrogens is 5.